The molecule has 6 nitrogen and oxygen atoms in total. The summed E-state index contributed by atoms with van der Waals surface area (Å²) in [4.78, 5) is 11.2. The Hall–Kier alpha value is -2.22. The highest BCUT2D eigenvalue weighted by Crippen LogP contribution is 2.25. The van der Waals surface area contributed by atoms with Crippen molar-refractivity contribution < 1.29 is 23.4 Å². The fourth-order valence-corrected chi connectivity index (χ4v) is 3.55. The zero-order valence-electron chi connectivity index (χ0n) is 13.4. The number of hydrogen-bond acceptors (Lipinski definition) is 4. The van der Waals surface area contributed by atoms with Gasteiger partial charge in [0.15, 0.2) is 0 Å². The molecule has 2 aromatic carbocycles. The molecule has 3 N–H and O–H groups in total. The topological polar surface area (TPSA) is 104 Å². The summed E-state index contributed by atoms with van der Waals surface area (Å²) >= 11 is 0. The van der Waals surface area contributed by atoms with Crippen molar-refractivity contribution in [3.05, 3.63) is 53.6 Å². The molecule has 0 atom stereocenters. The molecule has 0 spiro atoms. The van der Waals surface area contributed by atoms with Gasteiger partial charge in [0.05, 0.1) is 17.1 Å². The molecule has 0 fully saturated rings. The van der Waals surface area contributed by atoms with Crippen molar-refractivity contribution in [1.29, 1.82) is 0 Å². The van der Waals surface area contributed by atoms with Crippen LogP contribution in [0.5, 0.6) is 0 Å². The van der Waals surface area contributed by atoms with Crippen LogP contribution in [-0.2, 0) is 16.6 Å². The Kier molecular flexibility index (Phi) is 5.38. The Morgan fingerprint density at radius 2 is 1.71 bits per heavy atom. The second-order valence-corrected chi connectivity index (χ2v) is 7.40. The standard InChI is InChI=1S/C17H19NO5S/c1-11(2)18-24(22,23)16-8-14(7-15(9-16)17(20)21)13-5-3-12(10-19)4-6-13/h3-9,11,18-19H,10H2,1-2H3,(H,20,21). The predicted octanol–water partition coefficient (Wildman–Crippen LogP) is 2.23. The zero-order valence-corrected chi connectivity index (χ0v) is 14.2. The Bertz CT molecular complexity index is 842. The van der Waals surface area contributed by atoms with Crippen molar-refractivity contribution in [3.63, 3.8) is 0 Å². The van der Waals surface area contributed by atoms with E-state index in [9.17, 15) is 18.3 Å². The number of benzene rings is 2. The van der Waals surface area contributed by atoms with Crippen LogP contribution in [0.15, 0.2) is 47.4 Å². The summed E-state index contributed by atoms with van der Waals surface area (Å²) in [5, 5.41) is 18.3. The molecule has 0 bridgehead atoms. The SMILES string of the molecule is CC(C)NS(=O)(=O)c1cc(C(=O)O)cc(-c2ccc(CO)cc2)c1. The second-order valence-electron chi connectivity index (χ2n) is 5.68. The van der Waals surface area contributed by atoms with Gasteiger partial charge in [-0.3, -0.25) is 0 Å². The average Bonchev–Trinajstić information content (AvgIpc) is 2.53. The summed E-state index contributed by atoms with van der Waals surface area (Å²) in [5.41, 5.74) is 1.74. The lowest BCUT2D eigenvalue weighted by Crippen LogP contribution is -2.30. The van der Waals surface area contributed by atoms with Gasteiger partial charge >= 0.3 is 5.97 Å². The first-order valence-electron chi connectivity index (χ1n) is 7.34. The molecule has 0 amide bonds. The van der Waals surface area contributed by atoms with Gasteiger partial charge in [-0.05, 0) is 48.7 Å². The van der Waals surface area contributed by atoms with Crippen LogP contribution in [0.2, 0.25) is 0 Å². The Morgan fingerprint density at radius 1 is 1.08 bits per heavy atom. The van der Waals surface area contributed by atoms with Gasteiger partial charge in [0.2, 0.25) is 10.0 Å². The van der Waals surface area contributed by atoms with Crippen molar-refractivity contribution in [1.82, 2.24) is 4.72 Å². The maximum Gasteiger partial charge on any atom is 0.335 e. The lowest BCUT2D eigenvalue weighted by molar-refractivity contribution is 0.0696. The van der Waals surface area contributed by atoms with Crippen LogP contribution in [0, 0.1) is 0 Å². The fourth-order valence-electron chi connectivity index (χ4n) is 2.23. The van der Waals surface area contributed by atoms with Crippen LogP contribution < -0.4 is 4.72 Å². The van der Waals surface area contributed by atoms with Crippen LogP contribution in [0.25, 0.3) is 11.1 Å². The molecule has 0 aromatic heterocycles. The quantitative estimate of drug-likeness (QED) is 0.742. The van der Waals surface area contributed by atoms with Crippen molar-refractivity contribution in [2.75, 3.05) is 0 Å². The molecule has 2 rings (SSSR count). The van der Waals surface area contributed by atoms with E-state index in [2.05, 4.69) is 4.72 Å². The van der Waals surface area contributed by atoms with Crippen LogP contribution >= 0.6 is 0 Å². The number of aliphatic hydroxyl groups excluding tert-OH is 1. The Morgan fingerprint density at radius 3 is 2.21 bits per heavy atom. The summed E-state index contributed by atoms with van der Waals surface area (Å²) in [6, 6.07) is 10.5. The fraction of sp³-hybridized carbons (Fsp3) is 0.235. The Labute approximate surface area is 140 Å². The molecule has 0 aliphatic carbocycles. The van der Waals surface area contributed by atoms with Crippen LogP contribution in [0.1, 0.15) is 29.8 Å². The molecule has 0 heterocycles. The number of aliphatic hydroxyl groups is 1. The lowest BCUT2D eigenvalue weighted by atomic mass is 10.0. The third-order valence-electron chi connectivity index (χ3n) is 3.32. The van der Waals surface area contributed by atoms with Crippen LogP contribution in [0.4, 0.5) is 0 Å². The first-order valence-corrected chi connectivity index (χ1v) is 8.82. The van der Waals surface area contributed by atoms with Gasteiger partial charge in [-0.25, -0.2) is 17.9 Å². The van der Waals surface area contributed by atoms with Crippen molar-refractivity contribution in [2.24, 2.45) is 0 Å². The van der Waals surface area contributed by atoms with Crippen molar-refractivity contribution in [2.45, 2.75) is 31.4 Å². The Balaban J connectivity index is 2.58. The van der Waals surface area contributed by atoms with E-state index >= 15 is 0 Å². The van der Waals surface area contributed by atoms with Gasteiger partial charge in [-0.2, -0.15) is 0 Å². The molecule has 0 aliphatic heterocycles. The smallest absolute Gasteiger partial charge is 0.335 e. The maximum absolute atomic E-state index is 12.4. The second kappa shape index (κ2) is 7.12. The first kappa shape index (κ1) is 18.1. The van der Waals surface area contributed by atoms with Gasteiger partial charge < -0.3 is 10.2 Å². The average molecular weight is 349 g/mol. The minimum atomic E-state index is -3.81. The maximum atomic E-state index is 12.4. The van der Waals surface area contributed by atoms with Crippen LogP contribution in [-0.4, -0.2) is 30.6 Å². The molecule has 0 unspecified atom stereocenters. The summed E-state index contributed by atoms with van der Waals surface area (Å²) in [6.07, 6.45) is 0. The van der Waals surface area contributed by atoms with E-state index < -0.39 is 16.0 Å². The normalized spacial score (nSPS) is 11.7. The minimum Gasteiger partial charge on any atom is -0.478 e. The first-order chi connectivity index (χ1) is 11.2. The number of carboxylic acids is 1. The number of nitrogens with one attached hydrogen (secondary N) is 1. The van der Waals surface area contributed by atoms with E-state index in [1.165, 1.54) is 12.1 Å². The summed E-state index contributed by atoms with van der Waals surface area (Å²) < 4.78 is 27.2. The number of rotatable bonds is 6. The molecule has 0 saturated carbocycles. The minimum absolute atomic E-state index is 0.0997. The van der Waals surface area contributed by atoms with E-state index in [1.807, 2.05) is 0 Å². The largest absolute Gasteiger partial charge is 0.478 e. The number of sulfonamides is 1. The molecule has 24 heavy (non-hydrogen) atoms. The summed E-state index contributed by atoms with van der Waals surface area (Å²) in [6.45, 7) is 3.27. The molecule has 2 aromatic rings. The molecule has 0 radical (unpaired) electrons. The number of carboxylic acid groups (broad SMARTS) is 1. The van der Waals surface area contributed by atoms with Crippen molar-refractivity contribution in [3.8, 4) is 11.1 Å². The van der Waals surface area contributed by atoms with E-state index in [0.717, 1.165) is 6.07 Å². The highest BCUT2D eigenvalue weighted by atomic mass is 32.2. The highest BCUT2D eigenvalue weighted by molar-refractivity contribution is 7.89. The van der Waals surface area contributed by atoms with Gasteiger partial charge in [0.25, 0.3) is 0 Å². The van der Waals surface area contributed by atoms with Crippen LogP contribution in [0.3, 0.4) is 0 Å². The monoisotopic (exact) mass is 349 g/mol. The molecule has 0 saturated heterocycles. The number of carbonyl (C=O) groups is 1. The molecule has 7 heteroatoms. The van der Waals surface area contributed by atoms with E-state index in [1.54, 1.807) is 38.1 Å². The molecular formula is C17H19NO5S. The molecule has 0 aliphatic rings. The predicted molar refractivity (Wildman–Crippen MR) is 90.2 cm³/mol. The van der Waals surface area contributed by atoms with Gasteiger partial charge in [-0.1, -0.05) is 24.3 Å². The third kappa shape index (κ3) is 4.19. The van der Waals surface area contributed by atoms with Crippen molar-refractivity contribution >= 4 is 16.0 Å². The van der Waals surface area contributed by atoms with Gasteiger partial charge in [0, 0.05) is 6.04 Å². The molecule has 128 valence electrons. The summed E-state index contributed by atoms with van der Waals surface area (Å²) in [5.74, 6) is -1.20. The highest BCUT2D eigenvalue weighted by Gasteiger charge is 2.19. The summed E-state index contributed by atoms with van der Waals surface area (Å²) in [7, 11) is -3.81. The van der Waals surface area contributed by atoms with Gasteiger partial charge in [0.1, 0.15) is 0 Å². The zero-order chi connectivity index (χ0) is 17.9. The van der Waals surface area contributed by atoms with E-state index in [0.29, 0.717) is 16.7 Å². The number of hydrogen-bond donors (Lipinski definition) is 3. The van der Waals surface area contributed by atoms with E-state index in [4.69, 9.17) is 5.11 Å². The molecular weight excluding hydrogens is 330 g/mol. The lowest BCUT2D eigenvalue weighted by Gasteiger charge is -2.12. The third-order valence-corrected chi connectivity index (χ3v) is 4.96. The number of aromatic carboxylic acids is 1. The van der Waals surface area contributed by atoms with E-state index in [-0.39, 0.29) is 23.1 Å². The van der Waals surface area contributed by atoms with Gasteiger partial charge in [-0.15, -0.1) is 0 Å².